The molecular formula is C18H21F3N6O2. The summed E-state index contributed by atoms with van der Waals surface area (Å²) in [6, 6.07) is 0.0821. The van der Waals surface area contributed by atoms with Crippen LogP contribution in [-0.2, 0) is 4.79 Å². The van der Waals surface area contributed by atoms with Gasteiger partial charge in [-0.25, -0.2) is 9.97 Å². The van der Waals surface area contributed by atoms with Crippen LogP contribution in [0.3, 0.4) is 0 Å². The van der Waals surface area contributed by atoms with E-state index in [0.29, 0.717) is 24.6 Å². The zero-order valence-electron chi connectivity index (χ0n) is 15.6. The summed E-state index contributed by atoms with van der Waals surface area (Å²) in [5, 5.41) is 5.48. The van der Waals surface area contributed by atoms with Crippen LogP contribution in [0.15, 0.2) is 25.0 Å². The van der Waals surface area contributed by atoms with Gasteiger partial charge in [-0.1, -0.05) is 6.58 Å². The lowest BCUT2D eigenvalue weighted by molar-refractivity contribution is -0.133. The number of amides is 2. The molecule has 0 bridgehead atoms. The second kappa shape index (κ2) is 8.50. The fourth-order valence-electron chi connectivity index (χ4n) is 3.13. The van der Waals surface area contributed by atoms with Crippen molar-refractivity contribution in [3.8, 4) is 0 Å². The van der Waals surface area contributed by atoms with Crippen LogP contribution in [0.25, 0.3) is 11.2 Å². The number of alkyl halides is 3. The van der Waals surface area contributed by atoms with Gasteiger partial charge in [-0.3, -0.25) is 9.59 Å². The molecule has 0 spiro atoms. The number of nitrogens with one attached hydrogen (secondary N) is 3. The highest BCUT2D eigenvalue weighted by Gasteiger charge is 2.27. The number of nitrogens with zero attached hydrogens (tertiary/aromatic N) is 3. The van der Waals surface area contributed by atoms with Crippen molar-refractivity contribution in [1.29, 1.82) is 0 Å². The molecule has 0 aromatic carbocycles. The molecule has 0 saturated carbocycles. The Bertz CT molecular complexity index is 903. The number of likely N-dealkylation sites (tertiary alicyclic amines) is 1. The van der Waals surface area contributed by atoms with Gasteiger partial charge in [-0.2, -0.15) is 13.2 Å². The third kappa shape index (κ3) is 5.24. The Labute approximate surface area is 164 Å². The Morgan fingerprint density at radius 1 is 1.34 bits per heavy atom. The highest BCUT2D eigenvalue weighted by Crippen LogP contribution is 2.21. The number of H-pyrrole nitrogens is 1. The lowest BCUT2D eigenvalue weighted by Crippen LogP contribution is -2.41. The van der Waals surface area contributed by atoms with Gasteiger partial charge in [-0.05, 0) is 18.9 Å². The Hall–Kier alpha value is -3.11. The number of hydrogen-bond donors (Lipinski definition) is 3. The first kappa shape index (κ1) is 20.6. The standard InChI is InChI=1S/C18H21F3N6O2/c1-2-14(28)27-7-3-11(4-8-27)25-13-10-24-16-15(26-13)12(9-23-16)17(29)22-6-5-18(19,20)21/h2,9-11H,1,3-8H2,(H,22,29)(H,23,24)(H,25,26). The fraction of sp³-hybridized carbons (Fsp3) is 0.444. The van der Waals surface area contributed by atoms with Crippen LogP contribution < -0.4 is 10.6 Å². The highest BCUT2D eigenvalue weighted by molar-refractivity contribution is 6.04. The third-order valence-electron chi connectivity index (χ3n) is 4.65. The van der Waals surface area contributed by atoms with E-state index in [9.17, 15) is 22.8 Å². The van der Waals surface area contributed by atoms with Crippen molar-refractivity contribution in [1.82, 2.24) is 25.2 Å². The van der Waals surface area contributed by atoms with Crippen molar-refractivity contribution in [3.63, 3.8) is 0 Å². The van der Waals surface area contributed by atoms with Gasteiger partial charge < -0.3 is 20.5 Å². The Kier molecular flexibility index (Phi) is 6.04. The van der Waals surface area contributed by atoms with E-state index >= 15 is 0 Å². The molecule has 2 aromatic heterocycles. The van der Waals surface area contributed by atoms with Crippen molar-refractivity contribution < 1.29 is 22.8 Å². The van der Waals surface area contributed by atoms with Gasteiger partial charge in [0.15, 0.2) is 5.65 Å². The van der Waals surface area contributed by atoms with Crippen LogP contribution in [0.1, 0.15) is 29.6 Å². The quantitative estimate of drug-likeness (QED) is 0.634. The van der Waals surface area contributed by atoms with Gasteiger partial charge in [0.1, 0.15) is 11.3 Å². The molecule has 0 aliphatic carbocycles. The molecule has 0 atom stereocenters. The number of fused-ring (bicyclic) bond motifs is 1. The number of carbonyl (C=O) groups is 2. The second-order valence-corrected chi connectivity index (χ2v) is 6.72. The molecule has 0 radical (unpaired) electrons. The lowest BCUT2D eigenvalue weighted by Gasteiger charge is -2.31. The number of aromatic nitrogens is 3. The van der Waals surface area contributed by atoms with Crippen LogP contribution in [-0.4, -0.2) is 63.5 Å². The maximum absolute atomic E-state index is 12.3. The van der Waals surface area contributed by atoms with Gasteiger partial charge in [-0.15, -0.1) is 0 Å². The first-order valence-corrected chi connectivity index (χ1v) is 9.14. The molecule has 8 nitrogen and oxygen atoms in total. The molecule has 1 fully saturated rings. The summed E-state index contributed by atoms with van der Waals surface area (Å²) in [7, 11) is 0. The summed E-state index contributed by atoms with van der Waals surface area (Å²) in [6.45, 7) is 4.16. The topological polar surface area (TPSA) is 103 Å². The van der Waals surface area contributed by atoms with E-state index in [2.05, 4.69) is 32.2 Å². The first-order valence-electron chi connectivity index (χ1n) is 9.14. The molecule has 2 aromatic rings. The van der Waals surface area contributed by atoms with E-state index in [4.69, 9.17) is 0 Å². The van der Waals surface area contributed by atoms with E-state index < -0.39 is 25.0 Å². The highest BCUT2D eigenvalue weighted by atomic mass is 19.4. The van der Waals surface area contributed by atoms with Crippen molar-refractivity contribution in [2.75, 3.05) is 25.0 Å². The number of halogens is 3. The van der Waals surface area contributed by atoms with E-state index in [1.165, 1.54) is 18.5 Å². The molecule has 156 valence electrons. The molecule has 3 rings (SSSR count). The van der Waals surface area contributed by atoms with Crippen LogP contribution in [0.4, 0.5) is 19.0 Å². The third-order valence-corrected chi connectivity index (χ3v) is 4.65. The number of aromatic amines is 1. The Balaban J connectivity index is 1.64. The monoisotopic (exact) mass is 410 g/mol. The van der Waals surface area contributed by atoms with Gasteiger partial charge >= 0.3 is 6.18 Å². The molecule has 11 heteroatoms. The first-order chi connectivity index (χ1) is 13.8. The molecule has 3 heterocycles. The summed E-state index contributed by atoms with van der Waals surface area (Å²) in [6.07, 6.45) is 0.180. The molecular weight excluding hydrogens is 389 g/mol. The van der Waals surface area contributed by atoms with Gasteiger partial charge in [0.2, 0.25) is 5.91 Å². The van der Waals surface area contributed by atoms with Gasteiger partial charge in [0.05, 0.1) is 18.2 Å². The number of carbonyl (C=O) groups excluding carboxylic acids is 2. The van der Waals surface area contributed by atoms with Crippen LogP contribution in [0.2, 0.25) is 0 Å². The minimum atomic E-state index is -4.34. The van der Waals surface area contributed by atoms with Crippen molar-refractivity contribution in [2.45, 2.75) is 31.5 Å². The number of rotatable bonds is 6. The van der Waals surface area contributed by atoms with Crippen LogP contribution in [0, 0.1) is 0 Å². The smallest absolute Gasteiger partial charge is 0.366 e. The predicted octanol–water partition coefficient (Wildman–Crippen LogP) is 2.23. The molecule has 29 heavy (non-hydrogen) atoms. The van der Waals surface area contributed by atoms with Crippen molar-refractivity contribution in [3.05, 3.63) is 30.6 Å². The number of hydrogen-bond acceptors (Lipinski definition) is 5. The molecule has 3 N–H and O–H groups in total. The minimum Gasteiger partial charge on any atom is -0.366 e. The summed E-state index contributed by atoms with van der Waals surface area (Å²) in [5.41, 5.74) is 0.770. The summed E-state index contributed by atoms with van der Waals surface area (Å²) in [5.74, 6) is -0.295. The van der Waals surface area contributed by atoms with E-state index in [0.717, 1.165) is 12.8 Å². The molecule has 1 aliphatic rings. The van der Waals surface area contributed by atoms with Crippen LogP contribution in [0.5, 0.6) is 0 Å². The maximum atomic E-state index is 12.3. The van der Waals surface area contributed by atoms with Gasteiger partial charge in [0.25, 0.3) is 5.91 Å². The molecule has 2 amide bonds. The summed E-state index contributed by atoms with van der Waals surface area (Å²) < 4.78 is 36.8. The van der Waals surface area contributed by atoms with E-state index in [-0.39, 0.29) is 23.0 Å². The Morgan fingerprint density at radius 2 is 2.07 bits per heavy atom. The number of anilines is 1. The van der Waals surface area contributed by atoms with Crippen molar-refractivity contribution >= 4 is 28.8 Å². The molecule has 1 saturated heterocycles. The average molecular weight is 410 g/mol. The van der Waals surface area contributed by atoms with E-state index in [1.807, 2.05) is 0 Å². The molecule has 0 unspecified atom stereocenters. The van der Waals surface area contributed by atoms with Crippen LogP contribution >= 0.6 is 0 Å². The van der Waals surface area contributed by atoms with E-state index in [1.54, 1.807) is 4.90 Å². The summed E-state index contributed by atoms with van der Waals surface area (Å²) >= 11 is 0. The average Bonchev–Trinajstić information content (AvgIpc) is 3.10. The number of piperidine rings is 1. The lowest BCUT2D eigenvalue weighted by atomic mass is 10.1. The zero-order chi connectivity index (χ0) is 21.0. The summed E-state index contributed by atoms with van der Waals surface area (Å²) in [4.78, 5) is 37.0. The second-order valence-electron chi connectivity index (χ2n) is 6.72. The zero-order valence-corrected chi connectivity index (χ0v) is 15.6. The largest absolute Gasteiger partial charge is 0.390 e. The normalized spacial score (nSPS) is 15.3. The fourth-order valence-corrected chi connectivity index (χ4v) is 3.13. The van der Waals surface area contributed by atoms with Gasteiger partial charge in [0, 0.05) is 31.9 Å². The molecule has 1 aliphatic heterocycles. The minimum absolute atomic E-state index is 0.0821. The Morgan fingerprint density at radius 3 is 2.72 bits per heavy atom. The SMILES string of the molecule is C=CC(=O)N1CCC(Nc2cnc3[nH]cc(C(=O)NCCC(F)(F)F)c3n2)CC1. The predicted molar refractivity (Wildman–Crippen MR) is 100 cm³/mol. The maximum Gasteiger partial charge on any atom is 0.390 e. The van der Waals surface area contributed by atoms with Crippen molar-refractivity contribution in [2.24, 2.45) is 0 Å².